The van der Waals surface area contributed by atoms with Crippen LogP contribution in [0.5, 0.6) is 11.5 Å². The molecule has 1 aromatic carbocycles. The molecule has 25 heavy (non-hydrogen) atoms. The van der Waals surface area contributed by atoms with Gasteiger partial charge in [-0.15, -0.1) is 0 Å². The van der Waals surface area contributed by atoms with Crippen molar-refractivity contribution in [1.82, 2.24) is 15.1 Å². The molecule has 2 aliphatic heterocycles. The van der Waals surface area contributed by atoms with Gasteiger partial charge < -0.3 is 19.7 Å². The zero-order chi connectivity index (χ0) is 18.0. The molecule has 3 atom stereocenters. The Morgan fingerprint density at radius 2 is 1.92 bits per heavy atom. The largest absolute Gasteiger partial charge is 0.486 e. The smallest absolute Gasteiger partial charge is 0.237 e. The first-order valence-electron chi connectivity index (χ1n) is 9.10. The van der Waals surface area contributed by atoms with E-state index in [0.717, 1.165) is 36.7 Å². The zero-order valence-corrected chi connectivity index (χ0v) is 15.6. The molecule has 1 amide bonds. The number of likely N-dealkylation sites (N-methyl/N-ethyl adjacent to an activating group) is 1. The van der Waals surface area contributed by atoms with Crippen LogP contribution in [0.1, 0.15) is 32.4 Å². The Hall–Kier alpha value is -1.79. The topological polar surface area (TPSA) is 54.0 Å². The van der Waals surface area contributed by atoms with Gasteiger partial charge >= 0.3 is 0 Å². The van der Waals surface area contributed by atoms with Gasteiger partial charge in [0.2, 0.25) is 5.91 Å². The fraction of sp³-hybridized carbons (Fsp3) is 0.632. The summed E-state index contributed by atoms with van der Waals surface area (Å²) < 4.78 is 11.2. The van der Waals surface area contributed by atoms with Crippen molar-refractivity contribution in [2.24, 2.45) is 0 Å². The molecule has 0 bridgehead atoms. The lowest BCUT2D eigenvalue weighted by Crippen LogP contribution is -2.57. The van der Waals surface area contributed by atoms with Crippen molar-refractivity contribution in [3.8, 4) is 11.5 Å². The van der Waals surface area contributed by atoms with Crippen molar-refractivity contribution in [2.45, 2.75) is 38.9 Å². The number of rotatable bonds is 4. The lowest BCUT2D eigenvalue weighted by molar-refractivity contribution is -0.128. The van der Waals surface area contributed by atoms with Gasteiger partial charge in [0, 0.05) is 25.7 Å². The molecule has 3 unspecified atom stereocenters. The molecule has 1 aromatic rings. The summed E-state index contributed by atoms with van der Waals surface area (Å²) in [6.07, 6.45) is 0. The van der Waals surface area contributed by atoms with Crippen LogP contribution in [0, 0.1) is 0 Å². The summed E-state index contributed by atoms with van der Waals surface area (Å²) in [7, 11) is 2.13. The number of carbonyl (C=O) groups is 1. The summed E-state index contributed by atoms with van der Waals surface area (Å²) in [6.45, 7) is 10.2. The number of piperazine rings is 1. The molecule has 6 nitrogen and oxygen atoms in total. The first-order valence-corrected chi connectivity index (χ1v) is 9.10. The second kappa shape index (κ2) is 7.62. The summed E-state index contributed by atoms with van der Waals surface area (Å²) >= 11 is 0. The Balaban J connectivity index is 1.62. The van der Waals surface area contributed by atoms with Gasteiger partial charge in [0.1, 0.15) is 13.2 Å². The normalized spacial score (nSPS) is 23.8. The Labute approximate surface area is 150 Å². The van der Waals surface area contributed by atoms with Crippen LogP contribution in [-0.4, -0.2) is 67.7 Å². The van der Waals surface area contributed by atoms with Gasteiger partial charge in [-0.2, -0.15) is 0 Å². The summed E-state index contributed by atoms with van der Waals surface area (Å²) in [5, 5.41) is 3.14. The van der Waals surface area contributed by atoms with E-state index >= 15 is 0 Å². The molecule has 2 aliphatic rings. The van der Waals surface area contributed by atoms with Gasteiger partial charge in [-0.3, -0.25) is 9.69 Å². The first kappa shape index (κ1) is 18.0. The molecule has 1 N–H and O–H groups in total. The Kier molecular flexibility index (Phi) is 5.49. The van der Waals surface area contributed by atoms with Crippen molar-refractivity contribution < 1.29 is 14.3 Å². The number of benzene rings is 1. The average molecular weight is 347 g/mol. The summed E-state index contributed by atoms with van der Waals surface area (Å²) in [5.74, 6) is 1.59. The number of nitrogens with one attached hydrogen (secondary N) is 1. The van der Waals surface area contributed by atoms with E-state index < -0.39 is 0 Å². The second-order valence-electron chi connectivity index (χ2n) is 7.16. The predicted octanol–water partition coefficient (Wildman–Crippen LogP) is 1.66. The molecule has 0 aliphatic carbocycles. The minimum atomic E-state index is -0.136. The maximum Gasteiger partial charge on any atom is 0.237 e. The summed E-state index contributed by atoms with van der Waals surface area (Å²) in [6, 6.07) is 6.03. The van der Waals surface area contributed by atoms with E-state index in [9.17, 15) is 4.79 Å². The third kappa shape index (κ3) is 4.07. The van der Waals surface area contributed by atoms with E-state index in [1.807, 2.05) is 32.0 Å². The molecular formula is C19H29N3O3. The highest BCUT2D eigenvalue weighted by Crippen LogP contribution is 2.32. The number of amides is 1. The van der Waals surface area contributed by atoms with Crippen molar-refractivity contribution in [3.05, 3.63) is 23.8 Å². The number of ether oxygens (including phenoxy) is 2. The van der Waals surface area contributed by atoms with Crippen LogP contribution >= 0.6 is 0 Å². The Morgan fingerprint density at radius 1 is 1.20 bits per heavy atom. The van der Waals surface area contributed by atoms with Crippen LogP contribution in [0.4, 0.5) is 0 Å². The van der Waals surface area contributed by atoms with Crippen molar-refractivity contribution >= 4 is 5.91 Å². The molecule has 3 rings (SSSR count). The predicted molar refractivity (Wildman–Crippen MR) is 97.1 cm³/mol. The minimum Gasteiger partial charge on any atom is -0.486 e. The monoisotopic (exact) mass is 347 g/mol. The van der Waals surface area contributed by atoms with Crippen LogP contribution < -0.4 is 14.8 Å². The molecule has 1 fully saturated rings. The fourth-order valence-electron chi connectivity index (χ4n) is 3.63. The van der Waals surface area contributed by atoms with E-state index in [2.05, 4.69) is 29.1 Å². The molecule has 2 heterocycles. The van der Waals surface area contributed by atoms with Gasteiger partial charge in [-0.05, 0) is 45.5 Å². The fourth-order valence-corrected chi connectivity index (χ4v) is 3.63. The van der Waals surface area contributed by atoms with Crippen LogP contribution in [0.15, 0.2) is 18.2 Å². The standard InChI is InChI=1S/C19H29N3O3/c1-13-12-21(4)7-8-22(13)15(3)19(23)20-14(2)16-5-6-17-18(11-16)25-10-9-24-17/h5-6,11,13-15H,7-10,12H2,1-4H3,(H,20,23). The maximum absolute atomic E-state index is 12.7. The van der Waals surface area contributed by atoms with Crippen molar-refractivity contribution in [3.63, 3.8) is 0 Å². The molecule has 0 aromatic heterocycles. The summed E-state index contributed by atoms with van der Waals surface area (Å²) in [5.41, 5.74) is 1.02. The lowest BCUT2D eigenvalue weighted by Gasteiger charge is -2.41. The average Bonchev–Trinajstić information content (AvgIpc) is 2.60. The highest BCUT2D eigenvalue weighted by molar-refractivity contribution is 5.81. The number of nitrogens with zero attached hydrogens (tertiary/aromatic N) is 2. The van der Waals surface area contributed by atoms with Gasteiger partial charge in [-0.25, -0.2) is 0 Å². The molecule has 0 radical (unpaired) electrons. The van der Waals surface area contributed by atoms with Gasteiger partial charge in [0.05, 0.1) is 12.1 Å². The number of hydrogen-bond acceptors (Lipinski definition) is 5. The molecule has 138 valence electrons. The van der Waals surface area contributed by atoms with Crippen molar-refractivity contribution in [2.75, 3.05) is 39.9 Å². The molecule has 1 saturated heterocycles. The van der Waals surface area contributed by atoms with Gasteiger partial charge in [0.25, 0.3) is 0 Å². The van der Waals surface area contributed by atoms with Crippen molar-refractivity contribution in [1.29, 1.82) is 0 Å². The van der Waals surface area contributed by atoms with Gasteiger partial charge in [0.15, 0.2) is 11.5 Å². The summed E-state index contributed by atoms with van der Waals surface area (Å²) in [4.78, 5) is 17.3. The van der Waals surface area contributed by atoms with E-state index in [0.29, 0.717) is 19.3 Å². The van der Waals surface area contributed by atoms with Crippen LogP contribution in [-0.2, 0) is 4.79 Å². The quantitative estimate of drug-likeness (QED) is 0.898. The third-order valence-electron chi connectivity index (χ3n) is 5.18. The van der Waals surface area contributed by atoms with E-state index in [1.54, 1.807) is 0 Å². The van der Waals surface area contributed by atoms with E-state index in [-0.39, 0.29) is 18.0 Å². The number of carbonyl (C=O) groups excluding carboxylic acids is 1. The van der Waals surface area contributed by atoms with Crippen LogP contribution in [0.25, 0.3) is 0 Å². The van der Waals surface area contributed by atoms with Gasteiger partial charge in [-0.1, -0.05) is 6.07 Å². The molecule has 0 saturated carbocycles. The second-order valence-corrected chi connectivity index (χ2v) is 7.16. The SMILES string of the molecule is CC(NC(=O)C(C)N1CCN(C)CC1C)c1ccc2c(c1)OCCO2. The Bertz CT molecular complexity index is 622. The van der Waals surface area contributed by atoms with E-state index in [4.69, 9.17) is 9.47 Å². The van der Waals surface area contributed by atoms with E-state index in [1.165, 1.54) is 0 Å². The maximum atomic E-state index is 12.7. The highest BCUT2D eigenvalue weighted by atomic mass is 16.6. The third-order valence-corrected chi connectivity index (χ3v) is 5.18. The highest BCUT2D eigenvalue weighted by Gasteiger charge is 2.30. The molecule has 0 spiro atoms. The Morgan fingerprint density at radius 3 is 2.64 bits per heavy atom. The minimum absolute atomic E-state index is 0.0683. The molecule has 6 heteroatoms. The van der Waals surface area contributed by atoms with Crippen LogP contribution in [0.3, 0.4) is 0 Å². The lowest BCUT2D eigenvalue weighted by atomic mass is 10.1. The van der Waals surface area contributed by atoms with Crippen LogP contribution in [0.2, 0.25) is 0 Å². The first-order chi connectivity index (χ1) is 12.0. The zero-order valence-electron chi connectivity index (χ0n) is 15.6. The molecular weight excluding hydrogens is 318 g/mol. The number of fused-ring (bicyclic) bond motifs is 1. The number of hydrogen-bond donors (Lipinski definition) is 1.